The number of hydrogen-bond acceptors (Lipinski definition) is 5. The van der Waals surface area contributed by atoms with E-state index >= 15 is 0 Å². The van der Waals surface area contributed by atoms with Crippen LogP contribution in [-0.2, 0) is 16.4 Å². The summed E-state index contributed by atoms with van der Waals surface area (Å²) in [6, 6.07) is 17.5. The van der Waals surface area contributed by atoms with Gasteiger partial charge in [0.1, 0.15) is 17.3 Å². The predicted octanol–water partition coefficient (Wildman–Crippen LogP) is 4.83. The summed E-state index contributed by atoms with van der Waals surface area (Å²) in [6.07, 6.45) is 0.396. The molecule has 0 bridgehead atoms. The molecule has 1 aliphatic heterocycles. The normalized spacial score (nSPS) is 17.2. The second-order valence-corrected chi connectivity index (χ2v) is 10.4. The molecule has 0 saturated carbocycles. The van der Waals surface area contributed by atoms with Gasteiger partial charge in [-0.15, -0.1) is 0 Å². The molecule has 1 fully saturated rings. The largest absolute Gasteiger partial charge is 0.493 e. The van der Waals surface area contributed by atoms with E-state index in [1.165, 1.54) is 0 Å². The van der Waals surface area contributed by atoms with Crippen molar-refractivity contribution in [3.63, 3.8) is 0 Å². The smallest absolute Gasteiger partial charge is 0.258 e. The van der Waals surface area contributed by atoms with Gasteiger partial charge in [0, 0.05) is 16.6 Å². The molecule has 32 heavy (non-hydrogen) atoms. The van der Waals surface area contributed by atoms with Gasteiger partial charge in [0.2, 0.25) is 0 Å². The maximum atomic E-state index is 13.6. The van der Waals surface area contributed by atoms with E-state index in [2.05, 4.69) is 0 Å². The van der Waals surface area contributed by atoms with E-state index in [1.54, 1.807) is 47.4 Å². The average Bonchev–Trinajstić information content (AvgIpc) is 3.38. The Morgan fingerprint density at radius 3 is 2.69 bits per heavy atom. The quantitative estimate of drug-likeness (QED) is 0.491. The summed E-state index contributed by atoms with van der Waals surface area (Å²) >= 11 is 6.09. The standard InChI is InChI=1S/C24H24ClNO5S/c1-2-30-23-9-4-3-8-21(23)24(27)26(19-12-13-32(28,29)16-19)15-20-10-11-22(31-20)17-6-5-7-18(25)14-17/h3-11,14,19H,2,12-13,15-16H2,1H3/t19-/m0/s1. The molecule has 3 aromatic rings. The van der Waals surface area contributed by atoms with Crippen molar-refractivity contribution >= 4 is 27.3 Å². The number of furan rings is 1. The monoisotopic (exact) mass is 473 g/mol. The Bertz CT molecular complexity index is 1220. The lowest BCUT2D eigenvalue weighted by Crippen LogP contribution is -2.40. The van der Waals surface area contributed by atoms with Gasteiger partial charge in [0.05, 0.1) is 30.2 Å². The number of nitrogens with zero attached hydrogens (tertiary/aromatic N) is 1. The fourth-order valence-electron chi connectivity index (χ4n) is 3.90. The Kier molecular flexibility index (Phi) is 6.58. The second-order valence-electron chi connectivity index (χ2n) is 7.70. The first-order valence-corrected chi connectivity index (χ1v) is 12.6. The zero-order valence-electron chi connectivity index (χ0n) is 17.7. The number of carbonyl (C=O) groups excluding carboxylic acids is 1. The fraction of sp³-hybridized carbons (Fsp3) is 0.292. The Balaban J connectivity index is 1.65. The van der Waals surface area contributed by atoms with Crippen LogP contribution < -0.4 is 4.74 Å². The number of benzene rings is 2. The molecule has 0 radical (unpaired) electrons. The number of amides is 1. The minimum absolute atomic E-state index is 0.0581. The number of ether oxygens (including phenoxy) is 1. The summed E-state index contributed by atoms with van der Waals surface area (Å²) in [4.78, 5) is 15.1. The zero-order chi connectivity index (χ0) is 22.7. The molecular formula is C24H24ClNO5S. The topological polar surface area (TPSA) is 76.8 Å². The van der Waals surface area contributed by atoms with Gasteiger partial charge in [-0.25, -0.2) is 8.42 Å². The minimum atomic E-state index is -3.18. The molecule has 168 valence electrons. The maximum absolute atomic E-state index is 13.6. The lowest BCUT2D eigenvalue weighted by molar-refractivity contribution is 0.0662. The van der Waals surface area contributed by atoms with Crippen LogP contribution in [0.2, 0.25) is 5.02 Å². The highest BCUT2D eigenvalue weighted by Crippen LogP contribution is 2.29. The van der Waals surface area contributed by atoms with Crippen molar-refractivity contribution in [3.8, 4) is 17.1 Å². The number of rotatable bonds is 7. The number of sulfone groups is 1. The van der Waals surface area contributed by atoms with Crippen molar-refractivity contribution < 1.29 is 22.4 Å². The molecule has 4 rings (SSSR count). The van der Waals surface area contributed by atoms with E-state index in [0.717, 1.165) is 5.56 Å². The first-order valence-electron chi connectivity index (χ1n) is 10.4. The number of carbonyl (C=O) groups is 1. The van der Waals surface area contributed by atoms with Crippen molar-refractivity contribution in [2.45, 2.75) is 25.9 Å². The third-order valence-electron chi connectivity index (χ3n) is 5.42. The van der Waals surface area contributed by atoms with Gasteiger partial charge in [-0.2, -0.15) is 0 Å². The molecule has 0 spiro atoms. The van der Waals surface area contributed by atoms with E-state index in [-0.39, 0.29) is 24.0 Å². The predicted molar refractivity (Wildman–Crippen MR) is 124 cm³/mol. The molecular weight excluding hydrogens is 450 g/mol. The number of halogens is 1. The molecule has 6 nitrogen and oxygen atoms in total. The van der Waals surface area contributed by atoms with Gasteiger partial charge in [0.15, 0.2) is 9.84 Å². The van der Waals surface area contributed by atoms with Crippen LogP contribution in [0.15, 0.2) is 65.1 Å². The molecule has 2 heterocycles. The summed E-state index contributed by atoms with van der Waals surface area (Å²) in [5, 5.41) is 0.598. The maximum Gasteiger partial charge on any atom is 0.258 e. The van der Waals surface area contributed by atoms with Crippen LogP contribution >= 0.6 is 11.6 Å². The summed E-state index contributed by atoms with van der Waals surface area (Å²) in [5.41, 5.74) is 1.23. The summed E-state index contributed by atoms with van der Waals surface area (Å²) < 4.78 is 35.9. The third-order valence-corrected chi connectivity index (χ3v) is 7.41. The van der Waals surface area contributed by atoms with Crippen molar-refractivity contribution in [3.05, 3.63) is 77.0 Å². The van der Waals surface area contributed by atoms with Gasteiger partial charge in [-0.05, 0) is 49.7 Å². The summed E-state index contributed by atoms with van der Waals surface area (Å²) in [7, 11) is -3.18. The molecule has 1 amide bonds. The SMILES string of the molecule is CCOc1ccccc1C(=O)N(Cc1ccc(-c2cccc(Cl)c2)o1)[C@H]1CCS(=O)(=O)C1. The average molecular weight is 474 g/mol. The highest BCUT2D eigenvalue weighted by Gasteiger charge is 2.36. The van der Waals surface area contributed by atoms with E-state index in [0.29, 0.717) is 40.9 Å². The first kappa shape index (κ1) is 22.4. The molecule has 1 aliphatic rings. The Labute approximate surface area is 192 Å². The van der Waals surface area contributed by atoms with Crippen LogP contribution in [0.25, 0.3) is 11.3 Å². The molecule has 1 aromatic heterocycles. The van der Waals surface area contributed by atoms with Crippen molar-refractivity contribution in [2.75, 3.05) is 18.1 Å². The third kappa shape index (κ3) is 5.00. The van der Waals surface area contributed by atoms with Crippen LogP contribution in [0, 0.1) is 0 Å². The second kappa shape index (κ2) is 9.38. The Morgan fingerprint density at radius 2 is 1.97 bits per heavy atom. The van der Waals surface area contributed by atoms with Crippen LogP contribution in [0.4, 0.5) is 0 Å². The number of hydrogen-bond donors (Lipinski definition) is 0. The summed E-state index contributed by atoms with van der Waals surface area (Å²) in [6.45, 7) is 2.42. The Hall–Kier alpha value is -2.77. The minimum Gasteiger partial charge on any atom is -0.493 e. The lowest BCUT2D eigenvalue weighted by Gasteiger charge is -2.28. The van der Waals surface area contributed by atoms with Gasteiger partial charge in [-0.3, -0.25) is 4.79 Å². The van der Waals surface area contributed by atoms with Gasteiger partial charge in [0.25, 0.3) is 5.91 Å². The van der Waals surface area contributed by atoms with Gasteiger partial charge in [-0.1, -0.05) is 35.9 Å². The van der Waals surface area contributed by atoms with Crippen LogP contribution in [-0.4, -0.2) is 43.4 Å². The molecule has 0 N–H and O–H groups in total. The number of para-hydroxylation sites is 1. The fourth-order valence-corrected chi connectivity index (χ4v) is 5.82. The Morgan fingerprint density at radius 1 is 1.16 bits per heavy atom. The van der Waals surface area contributed by atoms with Gasteiger partial charge < -0.3 is 14.1 Å². The highest BCUT2D eigenvalue weighted by atomic mass is 35.5. The first-order chi connectivity index (χ1) is 15.4. The van der Waals surface area contributed by atoms with Crippen molar-refractivity contribution in [1.29, 1.82) is 0 Å². The molecule has 0 aliphatic carbocycles. The zero-order valence-corrected chi connectivity index (χ0v) is 19.2. The van der Waals surface area contributed by atoms with E-state index in [9.17, 15) is 13.2 Å². The van der Waals surface area contributed by atoms with Crippen LogP contribution in [0.1, 0.15) is 29.5 Å². The van der Waals surface area contributed by atoms with E-state index < -0.39 is 15.9 Å². The molecule has 1 atom stereocenters. The molecule has 1 saturated heterocycles. The highest BCUT2D eigenvalue weighted by molar-refractivity contribution is 7.91. The van der Waals surface area contributed by atoms with Crippen LogP contribution in [0.5, 0.6) is 5.75 Å². The lowest BCUT2D eigenvalue weighted by atomic mass is 10.1. The molecule has 2 aromatic carbocycles. The van der Waals surface area contributed by atoms with E-state index in [4.69, 9.17) is 20.8 Å². The molecule has 8 heteroatoms. The van der Waals surface area contributed by atoms with Crippen molar-refractivity contribution in [1.82, 2.24) is 4.90 Å². The van der Waals surface area contributed by atoms with Crippen LogP contribution in [0.3, 0.4) is 0 Å². The summed E-state index contributed by atoms with van der Waals surface area (Å²) in [5.74, 6) is 1.40. The van der Waals surface area contributed by atoms with E-state index in [1.807, 2.05) is 25.1 Å². The molecule has 0 unspecified atom stereocenters. The van der Waals surface area contributed by atoms with Crippen molar-refractivity contribution in [2.24, 2.45) is 0 Å². The van der Waals surface area contributed by atoms with Gasteiger partial charge >= 0.3 is 0 Å².